The summed E-state index contributed by atoms with van der Waals surface area (Å²) in [6.07, 6.45) is 4.71. The first-order valence-corrected chi connectivity index (χ1v) is 6.67. The summed E-state index contributed by atoms with van der Waals surface area (Å²) >= 11 is 0. The van der Waals surface area contributed by atoms with E-state index in [4.69, 9.17) is 0 Å². The number of carbonyl (C=O) groups is 1. The zero-order valence-corrected chi connectivity index (χ0v) is 10.1. The Bertz CT molecular complexity index is 401. The van der Waals surface area contributed by atoms with Gasteiger partial charge in [-0.25, -0.2) is 0 Å². The molecule has 1 heterocycles. The lowest BCUT2D eigenvalue weighted by molar-refractivity contribution is 0.0945. The van der Waals surface area contributed by atoms with E-state index in [1.54, 1.807) is 0 Å². The van der Waals surface area contributed by atoms with Crippen LogP contribution in [0.2, 0.25) is 0 Å². The van der Waals surface area contributed by atoms with Crippen LogP contribution in [-0.2, 0) is 0 Å². The van der Waals surface area contributed by atoms with Crippen LogP contribution in [0.15, 0.2) is 24.3 Å². The Hall–Kier alpha value is -1.15. The van der Waals surface area contributed by atoms with Crippen molar-refractivity contribution in [3.05, 3.63) is 35.4 Å². The van der Waals surface area contributed by atoms with E-state index in [9.17, 15) is 4.79 Å². The third kappa shape index (κ3) is 2.27. The molecular weight excluding hydrogens is 210 g/mol. The minimum atomic E-state index is 0.302. The van der Waals surface area contributed by atoms with Crippen molar-refractivity contribution < 1.29 is 4.79 Å². The number of Topliss-reactive ketones (excluding diaryl/α,β-unsaturated/α-hetero) is 1. The zero-order valence-electron chi connectivity index (χ0n) is 10.1. The molecule has 0 unspecified atom stereocenters. The lowest BCUT2D eigenvalue weighted by Crippen LogP contribution is -2.42. The lowest BCUT2D eigenvalue weighted by Gasteiger charge is -2.27. The van der Waals surface area contributed by atoms with E-state index >= 15 is 0 Å². The molecule has 0 spiro atoms. The van der Waals surface area contributed by atoms with E-state index in [2.05, 4.69) is 17.4 Å². The van der Waals surface area contributed by atoms with Gasteiger partial charge in [-0.3, -0.25) is 4.79 Å². The average molecular weight is 229 g/mol. The Morgan fingerprint density at radius 1 is 1.18 bits per heavy atom. The Balaban J connectivity index is 1.63. The number of hydrogen-bond donors (Lipinski definition) is 1. The van der Waals surface area contributed by atoms with E-state index in [0.29, 0.717) is 18.1 Å². The molecular formula is C15H19NO. The van der Waals surface area contributed by atoms with Gasteiger partial charge >= 0.3 is 0 Å². The summed E-state index contributed by atoms with van der Waals surface area (Å²) in [7, 11) is 0. The highest BCUT2D eigenvalue weighted by Crippen LogP contribution is 2.36. The molecule has 3 rings (SSSR count). The Morgan fingerprint density at radius 2 is 1.88 bits per heavy atom. The molecule has 0 radical (unpaired) electrons. The van der Waals surface area contributed by atoms with Crippen molar-refractivity contribution in [1.29, 1.82) is 0 Å². The molecule has 0 aromatic heterocycles. The largest absolute Gasteiger partial charge is 0.316 e. The molecule has 1 aliphatic carbocycles. The summed E-state index contributed by atoms with van der Waals surface area (Å²) in [4.78, 5) is 12.0. The van der Waals surface area contributed by atoms with Crippen molar-refractivity contribution in [2.75, 3.05) is 13.1 Å². The number of benzene rings is 1. The second kappa shape index (κ2) is 4.61. The number of ketones is 1. The third-order valence-corrected chi connectivity index (χ3v) is 4.15. The smallest absolute Gasteiger partial charge is 0.163 e. The molecule has 2 heteroatoms. The van der Waals surface area contributed by atoms with Gasteiger partial charge in [0.25, 0.3) is 0 Å². The first-order valence-electron chi connectivity index (χ1n) is 6.67. The van der Waals surface area contributed by atoms with Gasteiger partial charge in [-0.2, -0.15) is 0 Å². The van der Waals surface area contributed by atoms with E-state index in [1.807, 2.05) is 12.1 Å². The van der Waals surface area contributed by atoms with Crippen molar-refractivity contribution >= 4 is 5.78 Å². The summed E-state index contributed by atoms with van der Waals surface area (Å²) in [6.45, 7) is 2.01. The summed E-state index contributed by atoms with van der Waals surface area (Å²) in [5.41, 5.74) is 2.30. The van der Waals surface area contributed by atoms with Crippen molar-refractivity contribution in [2.45, 2.75) is 31.6 Å². The molecule has 0 atom stereocenters. The van der Waals surface area contributed by atoms with Crippen LogP contribution >= 0.6 is 0 Å². The Morgan fingerprint density at radius 3 is 2.35 bits per heavy atom. The van der Waals surface area contributed by atoms with Gasteiger partial charge in [0, 0.05) is 12.0 Å². The molecule has 1 saturated carbocycles. The fourth-order valence-corrected chi connectivity index (χ4v) is 2.56. The zero-order chi connectivity index (χ0) is 11.7. The Kier molecular flexibility index (Phi) is 2.98. The van der Waals surface area contributed by atoms with Gasteiger partial charge in [-0.1, -0.05) is 30.7 Å². The monoisotopic (exact) mass is 229 g/mol. The molecule has 1 aromatic carbocycles. The van der Waals surface area contributed by atoms with Gasteiger partial charge in [0.05, 0.1) is 0 Å². The predicted molar refractivity (Wildman–Crippen MR) is 68.3 cm³/mol. The quantitative estimate of drug-likeness (QED) is 0.804. The second-order valence-corrected chi connectivity index (χ2v) is 5.40. The van der Waals surface area contributed by atoms with Crippen molar-refractivity contribution in [3.8, 4) is 0 Å². The van der Waals surface area contributed by atoms with Gasteiger partial charge in [0.2, 0.25) is 0 Å². The fraction of sp³-hybridized carbons (Fsp3) is 0.533. The summed E-state index contributed by atoms with van der Waals surface area (Å²) in [5.74, 6) is 1.63. The number of carbonyl (C=O) groups excluding carboxylic acids is 1. The molecule has 17 heavy (non-hydrogen) atoms. The Labute approximate surface area is 102 Å². The number of hydrogen-bond acceptors (Lipinski definition) is 2. The molecule has 0 amide bonds. The molecule has 90 valence electrons. The normalized spacial score (nSPS) is 20.7. The minimum absolute atomic E-state index is 0.302. The van der Waals surface area contributed by atoms with Gasteiger partial charge in [0.1, 0.15) is 0 Å². The maximum absolute atomic E-state index is 12.0. The fourth-order valence-electron chi connectivity index (χ4n) is 2.56. The topological polar surface area (TPSA) is 29.1 Å². The summed E-state index contributed by atoms with van der Waals surface area (Å²) in [6, 6.07) is 8.33. The van der Waals surface area contributed by atoms with Crippen LogP contribution in [0, 0.1) is 5.92 Å². The second-order valence-electron chi connectivity index (χ2n) is 5.40. The predicted octanol–water partition coefficient (Wildman–Crippen LogP) is 2.75. The molecule has 1 N–H and O–H groups in total. The van der Waals surface area contributed by atoms with Gasteiger partial charge in [-0.05, 0) is 43.3 Å². The van der Waals surface area contributed by atoms with E-state index in [0.717, 1.165) is 24.6 Å². The van der Waals surface area contributed by atoms with E-state index in [1.165, 1.54) is 24.8 Å². The molecule has 2 fully saturated rings. The van der Waals surface area contributed by atoms with Crippen LogP contribution in [0.1, 0.15) is 47.5 Å². The highest BCUT2D eigenvalue weighted by molar-refractivity contribution is 5.96. The number of rotatable bonds is 4. The molecule has 2 nitrogen and oxygen atoms in total. The van der Waals surface area contributed by atoms with Crippen LogP contribution < -0.4 is 5.32 Å². The van der Waals surface area contributed by atoms with Gasteiger partial charge in [0.15, 0.2) is 5.78 Å². The van der Waals surface area contributed by atoms with Crippen molar-refractivity contribution in [2.24, 2.45) is 5.92 Å². The molecule has 1 aliphatic heterocycles. The number of nitrogens with one attached hydrogen (secondary N) is 1. The minimum Gasteiger partial charge on any atom is -0.316 e. The van der Waals surface area contributed by atoms with E-state index < -0.39 is 0 Å². The van der Waals surface area contributed by atoms with Crippen LogP contribution in [0.25, 0.3) is 0 Å². The van der Waals surface area contributed by atoms with Crippen molar-refractivity contribution in [3.63, 3.8) is 0 Å². The SMILES string of the molecule is O=C(CC1CNC1)c1ccc(C2CCC2)cc1. The van der Waals surface area contributed by atoms with Gasteiger partial charge < -0.3 is 5.32 Å². The average Bonchev–Trinajstić information content (AvgIpc) is 2.22. The maximum atomic E-state index is 12.0. The molecule has 0 bridgehead atoms. The van der Waals surface area contributed by atoms with E-state index in [-0.39, 0.29) is 0 Å². The van der Waals surface area contributed by atoms with Crippen molar-refractivity contribution in [1.82, 2.24) is 5.32 Å². The lowest BCUT2D eigenvalue weighted by atomic mass is 9.80. The standard InChI is InChI=1S/C15H19NO/c17-15(8-11-9-16-10-11)14-6-4-13(5-7-14)12-2-1-3-12/h4-7,11-12,16H,1-3,8-10H2. The summed E-state index contributed by atoms with van der Waals surface area (Å²) in [5, 5.41) is 3.21. The van der Waals surface area contributed by atoms with Crippen LogP contribution in [0.3, 0.4) is 0 Å². The highest BCUT2D eigenvalue weighted by atomic mass is 16.1. The van der Waals surface area contributed by atoms with Gasteiger partial charge in [-0.15, -0.1) is 0 Å². The highest BCUT2D eigenvalue weighted by Gasteiger charge is 2.22. The van der Waals surface area contributed by atoms with Crippen LogP contribution in [0.5, 0.6) is 0 Å². The third-order valence-electron chi connectivity index (χ3n) is 4.15. The first kappa shape index (κ1) is 11.0. The molecule has 1 aromatic rings. The first-order chi connectivity index (χ1) is 8.33. The van der Waals surface area contributed by atoms with Crippen LogP contribution in [0.4, 0.5) is 0 Å². The van der Waals surface area contributed by atoms with Crippen LogP contribution in [-0.4, -0.2) is 18.9 Å². The summed E-state index contributed by atoms with van der Waals surface area (Å²) < 4.78 is 0. The molecule has 2 aliphatic rings. The maximum Gasteiger partial charge on any atom is 0.163 e. The molecule has 1 saturated heterocycles.